The molecule has 3 fully saturated rings. The van der Waals surface area contributed by atoms with Crippen LogP contribution in [0.4, 0.5) is 0 Å². The van der Waals surface area contributed by atoms with Crippen molar-refractivity contribution in [2.45, 2.75) is 36.5 Å². The molecule has 6 nitrogen and oxygen atoms in total. The lowest BCUT2D eigenvalue weighted by Crippen LogP contribution is -2.58. The molecular weight excluding hydrogens is 280 g/mol. The van der Waals surface area contributed by atoms with Crippen molar-refractivity contribution >= 4 is 10.0 Å². The molecule has 0 saturated carbocycles. The molecule has 3 rings (SSSR count). The Balaban J connectivity index is 1.72. The van der Waals surface area contributed by atoms with Gasteiger partial charge in [-0.05, 0) is 38.8 Å². The second-order valence-electron chi connectivity index (χ2n) is 5.97. The Hall–Kier alpha value is -0.210. The molecule has 0 aromatic rings. The van der Waals surface area contributed by atoms with Gasteiger partial charge in [-0.1, -0.05) is 0 Å². The first-order valence-electron chi connectivity index (χ1n) is 7.54. The summed E-state index contributed by atoms with van der Waals surface area (Å²) in [6.07, 6.45) is 3.03. The van der Waals surface area contributed by atoms with E-state index in [1.165, 1.54) is 0 Å². The van der Waals surface area contributed by atoms with E-state index in [0.29, 0.717) is 45.8 Å². The van der Waals surface area contributed by atoms with E-state index in [1.807, 2.05) is 0 Å². The van der Waals surface area contributed by atoms with Gasteiger partial charge in [-0.2, -0.15) is 4.31 Å². The molecule has 3 aliphatic heterocycles. The Morgan fingerprint density at radius 3 is 2.50 bits per heavy atom. The van der Waals surface area contributed by atoms with Crippen LogP contribution in [0.15, 0.2) is 0 Å². The Bertz CT molecular complexity index is 422. The predicted octanol–water partition coefficient (Wildman–Crippen LogP) is -0.0504. The van der Waals surface area contributed by atoms with Crippen molar-refractivity contribution in [3.8, 4) is 0 Å². The smallest absolute Gasteiger partial charge is 0.217 e. The highest BCUT2D eigenvalue weighted by Gasteiger charge is 2.43. The normalized spacial score (nSPS) is 29.6. The van der Waals surface area contributed by atoms with E-state index < -0.39 is 10.0 Å². The molecule has 3 aliphatic rings. The van der Waals surface area contributed by atoms with Crippen molar-refractivity contribution in [2.75, 3.05) is 46.0 Å². The first kappa shape index (κ1) is 14.7. The molecule has 0 radical (unpaired) electrons. The summed E-state index contributed by atoms with van der Waals surface area (Å²) in [5, 5.41) is 3.04. The van der Waals surface area contributed by atoms with Crippen LogP contribution in [0.2, 0.25) is 0 Å². The second-order valence-corrected chi connectivity index (χ2v) is 8.18. The summed E-state index contributed by atoms with van der Waals surface area (Å²) in [4.78, 5) is 0. The number of ether oxygens (including phenoxy) is 2. The highest BCUT2D eigenvalue weighted by Crippen LogP contribution is 2.31. The zero-order valence-corrected chi connectivity index (χ0v) is 12.7. The number of hydrogen-bond donors (Lipinski definition) is 1. The maximum atomic E-state index is 12.8. The minimum atomic E-state index is -3.21. The fourth-order valence-electron chi connectivity index (χ4n) is 3.40. The lowest BCUT2D eigenvalue weighted by atomic mass is 9.91. The molecule has 20 heavy (non-hydrogen) atoms. The molecule has 0 aliphatic carbocycles. The van der Waals surface area contributed by atoms with Crippen LogP contribution < -0.4 is 5.32 Å². The van der Waals surface area contributed by atoms with Gasteiger partial charge in [0, 0.05) is 26.3 Å². The van der Waals surface area contributed by atoms with Gasteiger partial charge in [0.25, 0.3) is 0 Å². The molecule has 1 N–H and O–H groups in total. The summed E-state index contributed by atoms with van der Waals surface area (Å²) in [6.45, 7) is 4.47. The number of piperidine rings is 1. The van der Waals surface area contributed by atoms with Crippen LogP contribution in [0.3, 0.4) is 0 Å². The number of morpholine rings is 1. The molecule has 0 aromatic heterocycles. The largest absolute Gasteiger partial charge is 0.381 e. The summed E-state index contributed by atoms with van der Waals surface area (Å²) in [6, 6.07) is 0. The van der Waals surface area contributed by atoms with Crippen LogP contribution in [-0.4, -0.2) is 69.6 Å². The second kappa shape index (κ2) is 5.88. The van der Waals surface area contributed by atoms with E-state index in [-0.39, 0.29) is 10.9 Å². The minimum absolute atomic E-state index is 0.262. The standard InChI is InChI=1S/C13H24N2O4S/c16-20(17,12-1-8-18-9-2-12)15-7-10-19-13(11-15)3-5-14-6-4-13/h12,14H,1-11H2. The predicted molar refractivity (Wildman–Crippen MR) is 75.1 cm³/mol. The highest BCUT2D eigenvalue weighted by molar-refractivity contribution is 7.89. The number of nitrogens with one attached hydrogen (secondary N) is 1. The number of hydrogen-bond acceptors (Lipinski definition) is 5. The van der Waals surface area contributed by atoms with Gasteiger partial charge in [0.2, 0.25) is 10.0 Å². The number of rotatable bonds is 2. The fraction of sp³-hybridized carbons (Fsp3) is 1.00. The molecule has 116 valence electrons. The van der Waals surface area contributed by atoms with Gasteiger partial charge in [0.05, 0.1) is 17.5 Å². The van der Waals surface area contributed by atoms with E-state index in [9.17, 15) is 8.42 Å². The third-order valence-electron chi connectivity index (χ3n) is 4.68. The van der Waals surface area contributed by atoms with Gasteiger partial charge in [-0.25, -0.2) is 8.42 Å². The molecule has 0 unspecified atom stereocenters. The molecule has 3 saturated heterocycles. The van der Waals surface area contributed by atoms with Gasteiger partial charge >= 0.3 is 0 Å². The van der Waals surface area contributed by atoms with Crippen molar-refractivity contribution in [1.29, 1.82) is 0 Å². The topological polar surface area (TPSA) is 67.9 Å². The summed E-state index contributed by atoms with van der Waals surface area (Å²) in [5.41, 5.74) is -0.262. The molecule has 1 spiro atoms. The van der Waals surface area contributed by atoms with Crippen molar-refractivity contribution in [1.82, 2.24) is 9.62 Å². The molecule has 0 amide bonds. The molecular formula is C13H24N2O4S. The Kier molecular flexibility index (Phi) is 4.33. The minimum Gasteiger partial charge on any atom is -0.381 e. The first-order chi connectivity index (χ1) is 9.62. The molecule has 3 heterocycles. The van der Waals surface area contributed by atoms with Gasteiger partial charge in [-0.15, -0.1) is 0 Å². The summed E-state index contributed by atoms with van der Waals surface area (Å²) < 4.78 is 38.4. The van der Waals surface area contributed by atoms with Crippen LogP contribution in [0.5, 0.6) is 0 Å². The van der Waals surface area contributed by atoms with Gasteiger partial charge < -0.3 is 14.8 Å². The van der Waals surface area contributed by atoms with Crippen molar-refractivity contribution in [3.63, 3.8) is 0 Å². The van der Waals surface area contributed by atoms with Gasteiger partial charge in [0.1, 0.15) is 0 Å². The third kappa shape index (κ3) is 2.87. The number of nitrogens with zero attached hydrogens (tertiary/aromatic N) is 1. The third-order valence-corrected chi connectivity index (χ3v) is 7.02. The maximum absolute atomic E-state index is 12.8. The Labute approximate surface area is 120 Å². The average molecular weight is 304 g/mol. The molecule has 0 atom stereocenters. The zero-order chi connectivity index (χ0) is 14.1. The van der Waals surface area contributed by atoms with Crippen LogP contribution in [0.1, 0.15) is 25.7 Å². The maximum Gasteiger partial charge on any atom is 0.217 e. The quantitative estimate of drug-likeness (QED) is 0.775. The van der Waals surface area contributed by atoms with E-state index in [2.05, 4.69) is 5.32 Å². The van der Waals surface area contributed by atoms with E-state index >= 15 is 0 Å². The molecule has 0 aromatic carbocycles. The monoisotopic (exact) mass is 304 g/mol. The molecule has 0 bridgehead atoms. The molecule has 7 heteroatoms. The van der Waals surface area contributed by atoms with Crippen molar-refractivity contribution in [3.05, 3.63) is 0 Å². The lowest BCUT2D eigenvalue weighted by Gasteiger charge is -2.45. The van der Waals surface area contributed by atoms with E-state index in [4.69, 9.17) is 9.47 Å². The van der Waals surface area contributed by atoms with Gasteiger partial charge in [0.15, 0.2) is 0 Å². The summed E-state index contributed by atoms with van der Waals surface area (Å²) >= 11 is 0. The number of sulfonamides is 1. The Morgan fingerprint density at radius 2 is 1.80 bits per heavy atom. The van der Waals surface area contributed by atoms with Crippen molar-refractivity contribution in [2.24, 2.45) is 0 Å². The summed E-state index contributed by atoms with van der Waals surface area (Å²) in [5.74, 6) is 0. The Morgan fingerprint density at radius 1 is 1.10 bits per heavy atom. The zero-order valence-electron chi connectivity index (χ0n) is 11.8. The van der Waals surface area contributed by atoms with E-state index in [1.54, 1.807) is 4.31 Å². The fourth-order valence-corrected chi connectivity index (χ4v) is 5.35. The van der Waals surface area contributed by atoms with Crippen LogP contribution >= 0.6 is 0 Å². The highest BCUT2D eigenvalue weighted by atomic mass is 32.2. The van der Waals surface area contributed by atoms with Crippen LogP contribution in [0.25, 0.3) is 0 Å². The summed E-state index contributed by atoms with van der Waals surface area (Å²) in [7, 11) is -3.21. The van der Waals surface area contributed by atoms with Crippen LogP contribution in [-0.2, 0) is 19.5 Å². The van der Waals surface area contributed by atoms with Crippen LogP contribution in [0, 0.1) is 0 Å². The van der Waals surface area contributed by atoms with Gasteiger partial charge in [-0.3, -0.25) is 0 Å². The van der Waals surface area contributed by atoms with E-state index in [0.717, 1.165) is 25.9 Å². The van der Waals surface area contributed by atoms with Crippen molar-refractivity contribution < 1.29 is 17.9 Å². The lowest BCUT2D eigenvalue weighted by molar-refractivity contribution is -0.105. The SMILES string of the molecule is O=S(=O)(C1CCOCC1)N1CCOC2(CCNCC2)C1. The average Bonchev–Trinajstić information content (AvgIpc) is 2.49. The first-order valence-corrected chi connectivity index (χ1v) is 9.04.